The summed E-state index contributed by atoms with van der Waals surface area (Å²) in [6.45, 7) is 4.17. The van der Waals surface area contributed by atoms with Gasteiger partial charge in [-0.2, -0.15) is 0 Å². The maximum Gasteiger partial charge on any atom is 0.326 e. The smallest absolute Gasteiger partial charge is 0.326 e. The van der Waals surface area contributed by atoms with Gasteiger partial charge in [-0.05, 0) is 43.7 Å². The molecule has 0 spiro atoms. The summed E-state index contributed by atoms with van der Waals surface area (Å²) in [6.07, 6.45) is 4.99. The molecule has 0 aliphatic heterocycles. The van der Waals surface area contributed by atoms with Gasteiger partial charge in [0.2, 0.25) is 11.8 Å². The molecule has 0 aromatic carbocycles. The van der Waals surface area contributed by atoms with Crippen molar-refractivity contribution in [1.29, 1.82) is 0 Å². The van der Waals surface area contributed by atoms with Gasteiger partial charge in [-0.3, -0.25) is 9.59 Å². The number of carboxylic acid groups (broad SMARTS) is 1. The number of hydrogen-bond acceptors (Lipinski definition) is 4. The Morgan fingerprint density at radius 2 is 1.96 bits per heavy atom. The van der Waals surface area contributed by atoms with Crippen LogP contribution in [0, 0.1) is 0 Å². The first-order valence-electron chi connectivity index (χ1n) is 7.94. The summed E-state index contributed by atoms with van der Waals surface area (Å²) < 4.78 is 0. The number of nitrogens with zero attached hydrogens (tertiary/aromatic N) is 3. The Morgan fingerprint density at radius 1 is 1.21 bits per heavy atom. The number of nitrogens with one attached hydrogen (secondary N) is 2. The number of hydrogen-bond donors (Lipinski definition) is 3. The number of carbonyl (C=O) groups is 3. The third kappa shape index (κ3) is 12.0. The largest absolute Gasteiger partial charge is 0.480 e. The molecule has 0 aromatic rings. The van der Waals surface area contributed by atoms with Crippen LogP contribution in [0.5, 0.6) is 0 Å². The molecule has 1 atom stereocenters. The average molecular weight is 339 g/mol. The van der Waals surface area contributed by atoms with E-state index in [0.29, 0.717) is 45.2 Å². The maximum atomic E-state index is 11.7. The second-order valence-electron chi connectivity index (χ2n) is 5.21. The molecule has 2 amide bonds. The highest BCUT2D eigenvalue weighted by Crippen LogP contribution is 2.04. The summed E-state index contributed by atoms with van der Waals surface area (Å²) >= 11 is 0. The molecule has 0 unspecified atom stereocenters. The number of aliphatic carboxylic acids is 1. The first-order chi connectivity index (χ1) is 11.5. The predicted molar refractivity (Wildman–Crippen MR) is 89.1 cm³/mol. The van der Waals surface area contributed by atoms with Gasteiger partial charge >= 0.3 is 5.97 Å². The summed E-state index contributed by atoms with van der Waals surface area (Å²) in [4.78, 5) is 36.5. The van der Waals surface area contributed by atoms with E-state index < -0.39 is 12.0 Å². The van der Waals surface area contributed by atoms with E-state index in [1.54, 1.807) is 0 Å². The number of carbonyl (C=O) groups excluding carboxylic acids is 2. The molecule has 9 nitrogen and oxygen atoms in total. The van der Waals surface area contributed by atoms with Crippen LogP contribution < -0.4 is 10.6 Å². The van der Waals surface area contributed by atoms with Crippen LogP contribution in [-0.4, -0.2) is 42.0 Å². The van der Waals surface area contributed by atoms with Crippen LogP contribution in [0.4, 0.5) is 0 Å². The third-order valence-corrected chi connectivity index (χ3v) is 3.26. The zero-order valence-corrected chi connectivity index (χ0v) is 13.7. The molecule has 0 aliphatic rings. The van der Waals surface area contributed by atoms with Crippen molar-refractivity contribution in [1.82, 2.24) is 10.6 Å². The summed E-state index contributed by atoms with van der Waals surface area (Å²) in [5.41, 5.74) is 8.12. The summed E-state index contributed by atoms with van der Waals surface area (Å²) in [5, 5.41) is 17.6. The molecular weight excluding hydrogens is 314 g/mol. The van der Waals surface area contributed by atoms with Crippen LogP contribution in [0.3, 0.4) is 0 Å². The molecule has 0 aliphatic carbocycles. The minimum atomic E-state index is -1.07. The fraction of sp³-hybridized carbons (Fsp3) is 0.667. The van der Waals surface area contributed by atoms with Crippen molar-refractivity contribution >= 4 is 17.8 Å². The van der Waals surface area contributed by atoms with E-state index in [4.69, 9.17) is 10.6 Å². The monoisotopic (exact) mass is 339 g/mol. The second kappa shape index (κ2) is 14.1. The van der Waals surface area contributed by atoms with Crippen LogP contribution in [0.1, 0.15) is 44.9 Å². The van der Waals surface area contributed by atoms with E-state index in [-0.39, 0.29) is 18.2 Å². The highest BCUT2D eigenvalue weighted by Gasteiger charge is 2.18. The molecule has 3 N–H and O–H groups in total. The van der Waals surface area contributed by atoms with Crippen molar-refractivity contribution in [2.45, 2.75) is 51.0 Å². The van der Waals surface area contributed by atoms with E-state index in [9.17, 15) is 14.4 Å². The van der Waals surface area contributed by atoms with Gasteiger partial charge in [0, 0.05) is 24.4 Å². The molecule has 0 radical (unpaired) electrons. The van der Waals surface area contributed by atoms with Crippen LogP contribution in [0.15, 0.2) is 17.8 Å². The summed E-state index contributed by atoms with van der Waals surface area (Å²) in [5.74, 6) is -1.63. The SMILES string of the molecule is C=CC(=O)NCCCC[C@H](NC(=O)CCCCCN=[N+]=[N-])C(=O)O. The van der Waals surface area contributed by atoms with E-state index in [1.807, 2.05) is 0 Å². The van der Waals surface area contributed by atoms with Crippen molar-refractivity contribution in [3.63, 3.8) is 0 Å². The zero-order valence-electron chi connectivity index (χ0n) is 13.7. The van der Waals surface area contributed by atoms with E-state index in [0.717, 1.165) is 6.42 Å². The van der Waals surface area contributed by atoms with Gasteiger partial charge in [0.1, 0.15) is 6.04 Å². The Kier molecular flexibility index (Phi) is 12.6. The quantitative estimate of drug-likeness (QED) is 0.146. The summed E-state index contributed by atoms with van der Waals surface area (Å²) in [7, 11) is 0. The number of amides is 2. The Hall–Kier alpha value is -2.54. The number of carboxylic acids is 1. The van der Waals surface area contributed by atoms with Crippen LogP contribution in [0.2, 0.25) is 0 Å². The Morgan fingerprint density at radius 3 is 2.58 bits per heavy atom. The molecule has 0 fully saturated rings. The van der Waals surface area contributed by atoms with Crippen LogP contribution >= 0.6 is 0 Å². The lowest BCUT2D eigenvalue weighted by molar-refractivity contribution is -0.142. The van der Waals surface area contributed by atoms with Gasteiger partial charge in [0.15, 0.2) is 0 Å². The van der Waals surface area contributed by atoms with Crippen molar-refractivity contribution in [2.75, 3.05) is 13.1 Å². The average Bonchev–Trinajstić information content (AvgIpc) is 2.56. The molecule has 134 valence electrons. The van der Waals surface area contributed by atoms with Crippen molar-refractivity contribution in [3.05, 3.63) is 23.1 Å². The molecule has 0 saturated carbocycles. The molecule has 0 aromatic heterocycles. The first kappa shape index (κ1) is 21.5. The number of unbranched alkanes of at least 4 members (excludes halogenated alkanes) is 3. The zero-order chi connectivity index (χ0) is 18.2. The molecule has 9 heteroatoms. The Bertz CT molecular complexity index is 474. The van der Waals surface area contributed by atoms with Gasteiger partial charge < -0.3 is 15.7 Å². The van der Waals surface area contributed by atoms with Crippen molar-refractivity contribution < 1.29 is 19.5 Å². The number of rotatable bonds is 14. The molecule has 0 rings (SSSR count). The normalized spacial score (nSPS) is 11.0. The molecule has 0 heterocycles. The highest BCUT2D eigenvalue weighted by atomic mass is 16.4. The lowest BCUT2D eigenvalue weighted by atomic mass is 10.1. The van der Waals surface area contributed by atoms with E-state index >= 15 is 0 Å². The second-order valence-corrected chi connectivity index (χ2v) is 5.21. The lowest BCUT2D eigenvalue weighted by Gasteiger charge is -2.14. The van der Waals surface area contributed by atoms with Gasteiger partial charge in [-0.15, -0.1) is 0 Å². The lowest BCUT2D eigenvalue weighted by Crippen LogP contribution is -2.40. The minimum Gasteiger partial charge on any atom is -0.480 e. The summed E-state index contributed by atoms with van der Waals surface area (Å²) in [6, 6.07) is -0.921. The molecule has 24 heavy (non-hydrogen) atoms. The molecular formula is C15H25N5O4. The van der Waals surface area contributed by atoms with Crippen molar-refractivity contribution in [2.24, 2.45) is 5.11 Å². The maximum absolute atomic E-state index is 11.7. The fourth-order valence-corrected chi connectivity index (χ4v) is 1.97. The fourth-order valence-electron chi connectivity index (χ4n) is 1.97. The highest BCUT2D eigenvalue weighted by molar-refractivity contribution is 5.86. The molecule has 0 bridgehead atoms. The third-order valence-electron chi connectivity index (χ3n) is 3.26. The topological polar surface area (TPSA) is 144 Å². The van der Waals surface area contributed by atoms with Gasteiger partial charge in [-0.25, -0.2) is 4.79 Å². The molecule has 0 saturated heterocycles. The predicted octanol–water partition coefficient (Wildman–Crippen LogP) is 1.90. The van der Waals surface area contributed by atoms with Crippen LogP contribution in [0.25, 0.3) is 10.4 Å². The van der Waals surface area contributed by atoms with Gasteiger partial charge in [-0.1, -0.05) is 18.1 Å². The van der Waals surface area contributed by atoms with E-state index in [1.165, 1.54) is 6.08 Å². The first-order valence-corrected chi connectivity index (χ1v) is 7.94. The van der Waals surface area contributed by atoms with Gasteiger partial charge in [0.25, 0.3) is 0 Å². The standard InChI is InChI=1S/C15H25N5O4/c1-2-13(21)17-10-7-5-8-12(15(23)24)19-14(22)9-4-3-6-11-18-20-16/h2,12H,1,3-11H2,(H,17,21)(H,19,22)(H,23,24)/t12-/m0/s1. The van der Waals surface area contributed by atoms with Crippen LogP contribution in [-0.2, 0) is 14.4 Å². The van der Waals surface area contributed by atoms with Crippen molar-refractivity contribution in [3.8, 4) is 0 Å². The van der Waals surface area contributed by atoms with Gasteiger partial charge in [0.05, 0.1) is 0 Å². The van der Waals surface area contributed by atoms with E-state index in [2.05, 4.69) is 27.2 Å². The number of azide groups is 1. The Labute approximate surface area is 141 Å². The minimum absolute atomic E-state index is 0.245. The Balaban J connectivity index is 3.91.